The second kappa shape index (κ2) is 8.94. The Hall–Kier alpha value is -2.72. The van der Waals surface area contributed by atoms with Crippen molar-refractivity contribution in [2.24, 2.45) is 5.92 Å². The fourth-order valence-corrected chi connectivity index (χ4v) is 2.63. The van der Waals surface area contributed by atoms with Gasteiger partial charge in [0.15, 0.2) is 5.78 Å². The summed E-state index contributed by atoms with van der Waals surface area (Å²) < 4.78 is 4.94. The van der Waals surface area contributed by atoms with Crippen LogP contribution in [0, 0.1) is 5.92 Å². The number of hydrogen-bond donors (Lipinski definition) is 1. The van der Waals surface area contributed by atoms with Gasteiger partial charge in [-0.3, -0.25) is 4.79 Å². The van der Waals surface area contributed by atoms with Crippen LogP contribution in [0.4, 0.5) is 0 Å². The van der Waals surface area contributed by atoms with E-state index in [0.717, 1.165) is 0 Å². The van der Waals surface area contributed by atoms with Gasteiger partial charge in [0.05, 0.1) is 18.6 Å². The first-order valence-electron chi connectivity index (χ1n) is 8.21. The van der Waals surface area contributed by atoms with Crippen LogP contribution in [-0.2, 0) is 9.53 Å². The topological polar surface area (TPSA) is 63.6 Å². The van der Waals surface area contributed by atoms with Crippen molar-refractivity contribution in [2.45, 2.75) is 19.4 Å². The van der Waals surface area contributed by atoms with E-state index in [9.17, 15) is 14.7 Å². The predicted octanol–water partition coefficient (Wildman–Crippen LogP) is 3.73. The molecule has 0 radical (unpaired) electrons. The fraction of sp³-hybridized carbons (Fsp3) is 0.238. The Bertz CT molecular complexity index is 722. The van der Waals surface area contributed by atoms with E-state index in [2.05, 4.69) is 6.58 Å². The number of ether oxygens (including phenoxy) is 1. The molecule has 0 aromatic heterocycles. The quantitative estimate of drug-likeness (QED) is 0.452. The maximum Gasteiger partial charge on any atom is 0.333 e. The number of carbonyl (C=O) groups is 2. The van der Waals surface area contributed by atoms with Crippen LogP contribution in [0.1, 0.15) is 35.4 Å². The monoisotopic (exact) mass is 338 g/mol. The molecule has 1 N–H and O–H groups in total. The van der Waals surface area contributed by atoms with Crippen molar-refractivity contribution in [1.29, 1.82) is 0 Å². The Morgan fingerprint density at radius 1 is 1.04 bits per heavy atom. The van der Waals surface area contributed by atoms with E-state index >= 15 is 0 Å². The molecule has 0 saturated carbocycles. The molecule has 0 aliphatic heterocycles. The summed E-state index contributed by atoms with van der Waals surface area (Å²) >= 11 is 0. The van der Waals surface area contributed by atoms with Gasteiger partial charge in [0, 0.05) is 11.1 Å². The second-order valence-corrected chi connectivity index (χ2v) is 5.72. The molecule has 2 aromatic rings. The minimum atomic E-state index is -1.04. The van der Waals surface area contributed by atoms with Crippen LogP contribution in [0.25, 0.3) is 0 Å². The molecule has 25 heavy (non-hydrogen) atoms. The Morgan fingerprint density at radius 2 is 1.60 bits per heavy atom. The lowest BCUT2D eigenvalue weighted by Crippen LogP contribution is -2.25. The summed E-state index contributed by atoms with van der Waals surface area (Å²) in [6, 6.07) is 17.7. The zero-order chi connectivity index (χ0) is 18.2. The highest BCUT2D eigenvalue weighted by Gasteiger charge is 2.31. The molecule has 2 unspecified atom stereocenters. The molecule has 4 heteroatoms. The molecule has 0 spiro atoms. The van der Waals surface area contributed by atoms with Gasteiger partial charge in [0.1, 0.15) is 0 Å². The van der Waals surface area contributed by atoms with Gasteiger partial charge in [-0.05, 0) is 18.9 Å². The minimum Gasteiger partial charge on any atom is -0.463 e. The lowest BCUT2D eigenvalue weighted by molar-refractivity contribution is -0.138. The lowest BCUT2D eigenvalue weighted by Gasteiger charge is -2.23. The molecule has 2 atom stereocenters. The van der Waals surface area contributed by atoms with E-state index in [0.29, 0.717) is 11.1 Å². The van der Waals surface area contributed by atoms with Crippen LogP contribution in [0.2, 0.25) is 0 Å². The number of hydrogen-bond acceptors (Lipinski definition) is 4. The smallest absolute Gasteiger partial charge is 0.333 e. The average Bonchev–Trinajstić information content (AvgIpc) is 2.66. The van der Waals surface area contributed by atoms with Crippen LogP contribution >= 0.6 is 0 Å². The third kappa shape index (κ3) is 4.88. The van der Waals surface area contributed by atoms with Crippen molar-refractivity contribution in [1.82, 2.24) is 0 Å². The molecule has 2 rings (SSSR count). The number of rotatable bonds is 8. The molecular formula is C21H22O4. The number of esters is 1. The Labute approximate surface area is 147 Å². The molecule has 0 amide bonds. The molecule has 0 aliphatic carbocycles. The van der Waals surface area contributed by atoms with Crippen molar-refractivity contribution in [3.8, 4) is 0 Å². The maximum atomic E-state index is 12.9. The molecule has 0 aliphatic rings. The SMILES string of the molecule is C=C(CC(C(=O)c1ccccc1)C(O)c1ccccc1)C(=O)OCC. The summed E-state index contributed by atoms with van der Waals surface area (Å²) in [5.41, 5.74) is 1.28. The number of aliphatic hydroxyl groups is 1. The third-order valence-electron chi connectivity index (χ3n) is 3.95. The summed E-state index contributed by atoms with van der Waals surface area (Å²) in [6.45, 7) is 5.66. The van der Waals surface area contributed by atoms with Crippen molar-refractivity contribution >= 4 is 11.8 Å². The standard InChI is InChI=1S/C21H22O4/c1-3-25-21(24)15(2)14-18(19(22)16-10-6-4-7-11-16)20(23)17-12-8-5-9-13-17/h4-13,18-19,22H,2-3,14H2,1H3. The van der Waals surface area contributed by atoms with Crippen LogP contribution in [0.15, 0.2) is 72.8 Å². The van der Waals surface area contributed by atoms with E-state index in [-0.39, 0.29) is 24.4 Å². The summed E-state index contributed by atoms with van der Waals surface area (Å²) in [4.78, 5) is 24.8. The van der Waals surface area contributed by atoms with Gasteiger partial charge in [-0.25, -0.2) is 4.79 Å². The van der Waals surface area contributed by atoms with E-state index in [1.807, 2.05) is 12.1 Å². The molecular weight excluding hydrogens is 316 g/mol. The van der Waals surface area contributed by atoms with Gasteiger partial charge in [0.25, 0.3) is 0 Å². The molecule has 4 nitrogen and oxygen atoms in total. The number of aliphatic hydroxyl groups excluding tert-OH is 1. The summed E-state index contributed by atoms with van der Waals surface area (Å²) in [5.74, 6) is -1.60. The first kappa shape index (κ1) is 18.6. The zero-order valence-electron chi connectivity index (χ0n) is 14.2. The van der Waals surface area contributed by atoms with Gasteiger partial charge in [-0.15, -0.1) is 0 Å². The van der Waals surface area contributed by atoms with Crippen molar-refractivity contribution in [3.05, 3.63) is 83.9 Å². The normalized spacial score (nSPS) is 12.9. The largest absolute Gasteiger partial charge is 0.463 e. The predicted molar refractivity (Wildman–Crippen MR) is 96.1 cm³/mol. The van der Waals surface area contributed by atoms with E-state index < -0.39 is 18.0 Å². The van der Waals surface area contributed by atoms with Gasteiger partial charge in [-0.2, -0.15) is 0 Å². The Morgan fingerprint density at radius 3 is 2.16 bits per heavy atom. The minimum absolute atomic E-state index is 0.0304. The second-order valence-electron chi connectivity index (χ2n) is 5.72. The van der Waals surface area contributed by atoms with Crippen LogP contribution in [-0.4, -0.2) is 23.5 Å². The molecule has 130 valence electrons. The lowest BCUT2D eigenvalue weighted by atomic mass is 9.84. The average molecular weight is 338 g/mol. The van der Waals surface area contributed by atoms with Crippen molar-refractivity contribution < 1.29 is 19.4 Å². The maximum absolute atomic E-state index is 12.9. The van der Waals surface area contributed by atoms with Crippen molar-refractivity contribution in [3.63, 3.8) is 0 Å². The molecule has 0 heterocycles. The van der Waals surface area contributed by atoms with Crippen LogP contribution in [0.5, 0.6) is 0 Å². The fourth-order valence-electron chi connectivity index (χ4n) is 2.63. The summed E-state index contributed by atoms with van der Waals surface area (Å²) in [6.07, 6.45) is -1.01. The molecule has 0 fully saturated rings. The summed E-state index contributed by atoms with van der Waals surface area (Å²) in [5, 5.41) is 10.8. The van der Waals surface area contributed by atoms with Gasteiger partial charge < -0.3 is 9.84 Å². The van der Waals surface area contributed by atoms with Crippen molar-refractivity contribution in [2.75, 3.05) is 6.61 Å². The van der Waals surface area contributed by atoms with Gasteiger partial charge in [0.2, 0.25) is 0 Å². The molecule has 2 aromatic carbocycles. The number of benzene rings is 2. The van der Waals surface area contributed by atoms with E-state index in [4.69, 9.17) is 4.74 Å². The molecule has 0 saturated heterocycles. The first-order chi connectivity index (χ1) is 12.0. The molecule has 0 bridgehead atoms. The van der Waals surface area contributed by atoms with Gasteiger partial charge >= 0.3 is 5.97 Å². The zero-order valence-corrected chi connectivity index (χ0v) is 14.2. The highest BCUT2D eigenvalue weighted by atomic mass is 16.5. The van der Waals surface area contributed by atoms with Crippen LogP contribution in [0.3, 0.4) is 0 Å². The highest BCUT2D eigenvalue weighted by Crippen LogP contribution is 2.30. The first-order valence-corrected chi connectivity index (χ1v) is 8.21. The Kier molecular flexibility index (Phi) is 6.66. The number of ketones is 1. The highest BCUT2D eigenvalue weighted by molar-refractivity contribution is 5.99. The summed E-state index contributed by atoms with van der Waals surface area (Å²) in [7, 11) is 0. The van der Waals surface area contributed by atoms with Gasteiger partial charge in [-0.1, -0.05) is 67.2 Å². The third-order valence-corrected chi connectivity index (χ3v) is 3.95. The van der Waals surface area contributed by atoms with E-state index in [1.165, 1.54) is 0 Å². The number of Topliss-reactive ketones (excluding diaryl/α,β-unsaturated/α-hetero) is 1. The number of carbonyl (C=O) groups excluding carboxylic acids is 2. The Balaban J connectivity index is 2.29. The van der Waals surface area contributed by atoms with E-state index in [1.54, 1.807) is 55.5 Å². The van der Waals surface area contributed by atoms with Crippen LogP contribution < -0.4 is 0 Å².